The van der Waals surface area contributed by atoms with E-state index in [-0.39, 0.29) is 18.1 Å². The number of nitrogens with zero attached hydrogens (tertiary/aromatic N) is 2. The molecule has 0 bridgehead atoms. The molecule has 3 aromatic rings. The zero-order chi connectivity index (χ0) is 27.6. The molecule has 0 aliphatic carbocycles. The molecule has 0 N–H and O–H groups in total. The Morgan fingerprint density at radius 3 is 2.37 bits per heavy atom. The molecule has 1 fully saturated rings. The monoisotopic (exact) mass is 522 g/mol. The van der Waals surface area contributed by atoms with Crippen molar-refractivity contribution in [1.82, 2.24) is 9.47 Å². The number of esters is 1. The summed E-state index contributed by atoms with van der Waals surface area (Å²) in [6, 6.07) is 11.6. The van der Waals surface area contributed by atoms with E-state index in [1.165, 1.54) is 7.11 Å². The minimum absolute atomic E-state index is 0.0781. The molecular weight excluding hydrogens is 484 g/mol. The van der Waals surface area contributed by atoms with Crippen LogP contribution in [0.1, 0.15) is 66.7 Å². The van der Waals surface area contributed by atoms with Gasteiger partial charge in [-0.05, 0) is 75.9 Å². The molecule has 204 valence electrons. The van der Waals surface area contributed by atoms with Gasteiger partial charge in [-0.1, -0.05) is 12.1 Å². The number of piperidine rings is 1. The van der Waals surface area contributed by atoms with E-state index in [1.54, 1.807) is 37.1 Å². The summed E-state index contributed by atoms with van der Waals surface area (Å²) in [6.07, 6.45) is 3.24. The molecular formula is C30H38N2O6. The van der Waals surface area contributed by atoms with E-state index in [9.17, 15) is 9.59 Å². The molecule has 0 amide bonds. The number of benzene rings is 2. The molecule has 38 heavy (non-hydrogen) atoms. The highest BCUT2D eigenvalue weighted by molar-refractivity contribution is 5.95. The third-order valence-electron chi connectivity index (χ3n) is 7.12. The quantitative estimate of drug-likeness (QED) is 0.374. The van der Waals surface area contributed by atoms with Gasteiger partial charge in [0.05, 0.1) is 31.4 Å². The largest absolute Gasteiger partial charge is 0.496 e. The average molecular weight is 523 g/mol. The lowest BCUT2D eigenvalue weighted by molar-refractivity contribution is 0.00674. The third kappa shape index (κ3) is 5.71. The number of likely N-dealkylation sites (tertiary alicyclic amines) is 1. The van der Waals surface area contributed by atoms with Gasteiger partial charge >= 0.3 is 12.1 Å². The Hall–Kier alpha value is -3.36. The molecule has 0 saturated carbocycles. The predicted octanol–water partition coefficient (Wildman–Crippen LogP) is 5.88. The van der Waals surface area contributed by atoms with Gasteiger partial charge in [0.25, 0.3) is 0 Å². The van der Waals surface area contributed by atoms with Crippen molar-refractivity contribution in [1.29, 1.82) is 0 Å². The van der Waals surface area contributed by atoms with Crippen molar-refractivity contribution in [3.8, 4) is 5.75 Å². The van der Waals surface area contributed by atoms with Gasteiger partial charge in [-0.15, -0.1) is 0 Å². The number of carbonyl (C=O) groups excluding carboxylic acids is 2. The average Bonchev–Trinajstić information content (AvgIpc) is 3.35. The molecule has 4 rings (SSSR count). The number of hydrogen-bond acceptors (Lipinski definition) is 7. The lowest BCUT2D eigenvalue weighted by Crippen LogP contribution is -2.39. The van der Waals surface area contributed by atoms with Crippen LogP contribution >= 0.6 is 0 Å². The van der Waals surface area contributed by atoms with Crippen LogP contribution in [-0.2, 0) is 20.8 Å². The summed E-state index contributed by atoms with van der Waals surface area (Å²) in [5, 5.41) is 0.960. The fraction of sp³-hybridized carbons (Fsp3) is 0.467. The summed E-state index contributed by atoms with van der Waals surface area (Å²) in [6.45, 7) is 9.01. The Bertz CT molecular complexity index is 1310. The van der Waals surface area contributed by atoms with Crippen LogP contribution in [0.4, 0.5) is 4.79 Å². The highest BCUT2D eigenvalue weighted by Gasteiger charge is 2.31. The molecule has 0 radical (unpaired) electrons. The molecule has 2 unspecified atom stereocenters. The topological polar surface area (TPSA) is 79.2 Å². The van der Waals surface area contributed by atoms with Gasteiger partial charge in [0.15, 0.2) is 0 Å². The Labute approximate surface area is 224 Å². The zero-order valence-corrected chi connectivity index (χ0v) is 23.4. The number of rotatable bonds is 6. The molecule has 1 aliphatic heterocycles. The molecule has 1 saturated heterocycles. The van der Waals surface area contributed by atoms with E-state index in [0.29, 0.717) is 12.1 Å². The van der Waals surface area contributed by atoms with E-state index < -0.39 is 11.7 Å². The first-order chi connectivity index (χ1) is 18.1. The SMILES string of the molecule is COC(=O)c1ccc(C2CC(OC)CCN2Cc2c(OC)cc(C)c3c2ccn3C(=O)OC(C)(C)C)cc1. The molecule has 1 aliphatic rings. The number of fused-ring (bicyclic) bond motifs is 1. The highest BCUT2D eigenvalue weighted by atomic mass is 16.6. The number of ether oxygens (including phenoxy) is 4. The van der Waals surface area contributed by atoms with Crippen molar-refractivity contribution >= 4 is 23.0 Å². The van der Waals surface area contributed by atoms with E-state index in [0.717, 1.165) is 52.7 Å². The summed E-state index contributed by atoms with van der Waals surface area (Å²) in [7, 11) is 4.81. The Morgan fingerprint density at radius 2 is 1.76 bits per heavy atom. The molecule has 8 nitrogen and oxygen atoms in total. The molecule has 2 aromatic carbocycles. The number of hydrogen-bond donors (Lipinski definition) is 0. The van der Waals surface area contributed by atoms with Crippen molar-refractivity contribution in [2.45, 2.75) is 64.8 Å². The number of aromatic nitrogens is 1. The van der Waals surface area contributed by atoms with Gasteiger partial charge in [0.2, 0.25) is 0 Å². The van der Waals surface area contributed by atoms with E-state index >= 15 is 0 Å². The first kappa shape index (κ1) is 27.7. The normalized spacial score (nSPS) is 18.4. The fourth-order valence-electron chi connectivity index (χ4n) is 5.27. The predicted molar refractivity (Wildman–Crippen MR) is 146 cm³/mol. The Balaban J connectivity index is 1.72. The fourth-order valence-corrected chi connectivity index (χ4v) is 5.27. The number of carbonyl (C=O) groups is 2. The van der Waals surface area contributed by atoms with Crippen LogP contribution in [0.3, 0.4) is 0 Å². The Kier molecular flexibility index (Phi) is 8.13. The van der Waals surface area contributed by atoms with E-state index in [4.69, 9.17) is 18.9 Å². The second kappa shape index (κ2) is 11.2. The van der Waals surface area contributed by atoms with Gasteiger partial charge in [-0.2, -0.15) is 0 Å². The van der Waals surface area contributed by atoms with Crippen LogP contribution in [-0.4, -0.2) is 61.1 Å². The van der Waals surface area contributed by atoms with Crippen molar-refractivity contribution in [2.75, 3.05) is 27.9 Å². The van der Waals surface area contributed by atoms with Crippen molar-refractivity contribution in [3.63, 3.8) is 0 Å². The van der Waals surface area contributed by atoms with Gasteiger partial charge in [0.1, 0.15) is 11.4 Å². The van der Waals surface area contributed by atoms with Gasteiger partial charge in [0, 0.05) is 43.4 Å². The maximum Gasteiger partial charge on any atom is 0.419 e. The van der Waals surface area contributed by atoms with Gasteiger partial charge in [-0.3, -0.25) is 9.47 Å². The second-order valence-corrected chi connectivity index (χ2v) is 10.8. The van der Waals surface area contributed by atoms with Crippen LogP contribution in [0, 0.1) is 6.92 Å². The van der Waals surface area contributed by atoms with Gasteiger partial charge in [-0.25, -0.2) is 9.59 Å². The first-order valence-corrected chi connectivity index (χ1v) is 12.9. The molecule has 8 heteroatoms. The highest BCUT2D eigenvalue weighted by Crippen LogP contribution is 2.38. The minimum Gasteiger partial charge on any atom is -0.496 e. The maximum absolute atomic E-state index is 13.0. The smallest absolute Gasteiger partial charge is 0.419 e. The lowest BCUT2D eigenvalue weighted by atomic mass is 9.91. The summed E-state index contributed by atoms with van der Waals surface area (Å²) >= 11 is 0. The molecule has 0 spiro atoms. The standard InChI is InChI=1S/C30H38N2O6/c1-19-16-26(36-6)24(23-13-15-32(27(19)23)29(34)38-30(2,3)4)18-31-14-12-22(35-5)17-25(31)20-8-10-21(11-9-20)28(33)37-7/h8-11,13,15-16,22,25H,12,14,17-18H2,1-7H3. The number of aryl methyl sites for hydroxylation is 1. The lowest BCUT2D eigenvalue weighted by Gasteiger charge is -2.39. The first-order valence-electron chi connectivity index (χ1n) is 12.9. The number of methoxy groups -OCH3 is 3. The maximum atomic E-state index is 13.0. The molecule has 2 heterocycles. The van der Waals surface area contributed by atoms with Crippen molar-refractivity contribution in [3.05, 3.63) is 64.8 Å². The third-order valence-corrected chi connectivity index (χ3v) is 7.12. The van der Waals surface area contributed by atoms with Crippen LogP contribution in [0.2, 0.25) is 0 Å². The van der Waals surface area contributed by atoms with E-state index in [2.05, 4.69) is 4.90 Å². The summed E-state index contributed by atoms with van der Waals surface area (Å²) in [4.78, 5) is 27.4. The summed E-state index contributed by atoms with van der Waals surface area (Å²) < 4.78 is 23.7. The van der Waals surface area contributed by atoms with Crippen molar-refractivity contribution < 1.29 is 28.5 Å². The van der Waals surface area contributed by atoms with Gasteiger partial charge < -0.3 is 18.9 Å². The van der Waals surface area contributed by atoms with Crippen LogP contribution < -0.4 is 4.74 Å². The summed E-state index contributed by atoms with van der Waals surface area (Å²) in [5.41, 5.74) is 3.80. The van der Waals surface area contributed by atoms with Crippen LogP contribution in [0.5, 0.6) is 5.75 Å². The van der Waals surface area contributed by atoms with Crippen molar-refractivity contribution in [2.24, 2.45) is 0 Å². The molecule has 1 aromatic heterocycles. The molecule has 2 atom stereocenters. The minimum atomic E-state index is -0.598. The summed E-state index contributed by atoms with van der Waals surface area (Å²) in [5.74, 6) is 0.429. The second-order valence-electron chi connectivity index (χ2n) is 10.8. The van der Waals surface area contributed by atoms with Crippen LogP contribution in [0.15, 0.2) is 42.6 Å². The van der Waals surface area contributed by atoms with Crippen LogP contribution in [0.25, 0.3) is 10.9 Å². The zero-order valence-electron chi connectivity index (χ0n) is 23.4. The Morgan fingerprint density at radius 1 is 1.05 bits per heavy atom. The van der Waals surface area contributed by atoms with E-state index in [1.807, 2.05) is 52.0 Å².